The summed E-state index contributed by atoms with van der Waals surface area (Å²) in [6.45, 7) is 0. The molecule has 0 bridgehead atoms. The lowest BCUT2D eigenvalue weighted by Gasteiger charge is -2.19. The third-order valence-corrected chi connectivity index (χ3v) is 13.3. The van der Waals surface area contributed by atoms with E-state index in [2.05, 4.69) is 231 Å². The second-order valence-electron chi connectivity index (χ2n) is 14.3. The van der Waals surface area contributed by atoms with E-state index in [4.69, 9.17) is 0 Å². The van der Waals surface area contributed by atoms with Gasteiger partial charge in [-0.05, 0) is 55.6 Å². The summed E-state index contributed by atoms with van der Waals surface area (Å²) in [5, 5.41) is 0. The number of thiophene rings is 2. The Hall–Kier alpha value is -6.84. The van der Waals surface area contributed by atoms with Crippen LogP contribution >= 0.6 is 22.7 Å². The highest BCUT2D eigenvalue weighted by Gasteiger charge is 2.28. The minimum atomic E-state index is 1.20. The highest BCUT2D eigenvalue weighted by Crippen LogP contribution is 2.57. The van der Waals surface area contributed by atoms with E-state index in [0.29, 0.717) is 0 Å². The average Bonchev–Trinajstić information content (AvgIpc) is 3.92. The molecule has 0 fully saturated rings. The van der Waals surface area contributed by atoms with Crippen molar-refractivity contribution in [2.45, 2.75) is 0 Å². The van der Waals surface area contributed by atoms with Crippen molar-refractivity contribution in [3.8, 4) is 97.4 Å². The SMILES string of the molecule is c1ccc(-c2sc(-c3ccccc3)c(-c3ccccc3-c3ccccc3-c3c(-c4ccccc4)sc(-c4ccccc4)c3-c3ccccc3)c2-c2ccccc2)cc1. The van der Waals surface area contributed by atoms with Gasteiger partial charge in [-0.3, -0.25) is 0 Å². The number of hydrogen-bond acceptors (Lipinski definition) is 2. The van der Waals surface area contributed by atoms with Gasteiger partial charge in [-0.15, -0.1) is 22.7 Å². The monoisotopic (exact) mass is 774 g/mol. The minimum absolute atomic E-state index is 1.20. The molecule has 0 radical (unpaired) electrons. The average molecular weight is 775 g/mol. The zero-order valence-electron chi connectivity index (χ0n) is 31.8. The maximum absolute atomic E-state index is 2.33. The van der Waals surface area contributed by atoms with E-state index < -0.39 is 0 Å². The number of benzene rings is 8. The molecule has 10 aromatic rings. The van der Waals surface area contributed by atoms with Crippen LogP contribution in [-0.4, -0.2) is 0 Å². The van der Waals surface area contributed by atoms with Crippen LogP contribution in [0, 0.1) is 0 Å². The lowest BCUT2D eigenvalue weighted by molar-refractivity contribution is 1.57. The Labute approximate surface area is 348 Å². The molecule has 0 aliphatic rings. The van der Waals surface area contributed by atoms with Crippen LogP contribution in [0.15, 0.2) is 231 Å². The fraction of sp³-hybridized carbons (Fsp3) is 0. The predicted molar refractivity (Wildman–Crippen MR) is 251 cm³/mol. The highest BCUT2D eigenvalue weighted by atomic mass is 32.1. The topological polar surface area (TPSA) is 0 Å². The van der Waals surface area contributed by atoms with Crippen molar-refractivity contribution in [2.75, 3.05) is 0 Å². The summed E-state index contributed by atoms with van der Waals surface area (Å²) in [5.41, 5.74) is 17.2. The van der Waals surface area contributed by atoms with Gasteiger partial charge in [0.05, 0.1) is 0 Å². The normalized spacial score (nSPS) is 11.1. The summed E-state index contributed by atoms with van der Waals surface area (Å²) in [6.07, 6.45) is 0. The third kappa shape index (κ3) is 6.63. The molecule has 58 heavy (non-hydrogen) atoms. The van der Waals surface area contributed by atoms with Crippen LogP contribution in [0.4, 0.5) is 0 Å². The summed E-state index contributed by atoms with van der Waals surface area (Å²) < 4.78 is 0. The quantitative estimate of drug-likeness (QED) is 0.137. The van der Waals surface area contributed by atoms with Gasteiger partial charge in [-0.25, -0.2) is 0 Å². The van der Waals surface area contributed by atoms with Crippen molar-refractivity contribution >= 4 is 22.7 Å². The van der Waals surface area contributed by atoms with Gasteiger partial charge in [0.15, 0.2) is 0 Å². The van der Waals surface area contributed by atoms with E-state index in [1.165, 1.54) is 97.4 Å². The molecule has 2 aromatic heterocycles. The van der Waals surface area contributed by atoms with Crippen LogP contribution < -0.4 is 0 Å². The summed E-state index contributed by atoms with van der Waals surface area (Å²) in [7, 11) is 0. The summed E-state index contributed by atoms with van der Waals surface area (Å²) in [4.78, 5) is 5.07. The lowest BCUT2D eigenvalue weighted by Crippen LogP contribution is -1.93. The first-order valence-corrected chi connectivity index (χ1v) is 21.3. The Balaban J connectivity index is 1.30. The van der Waals surface area contributed by atoms with Crippen molar-refractivity contribution in [1.29, 1.82) is 0 Å². The molecule has 2 heteroatoms. The van der Waals surface area contributed by atoms with Crippen molar-refractivity contribution in [1.82, 2.24) is 0 Å². The summed E-state index contributed by atoms with van der Waals surface area (Å²) in [5.74, 6) is 0. The molecule has 0 saturated carbocycles. The first kappa shape index (κ1) is 35.6. The Kier molecular flexibility index (Phi) is 9.78. The zero-order chi connectivity index (χ0) is 38.7. The Morgan fingerprint density at radius 1 is 0.172 bits per heavy atom. The summed E-state index contributed by atoms with van der Waals surface area (Å²) >= 11 is 3.78. The minimum Gasteiger partial charge on any atom is -0.134 e. The second kappa shape index (κ2) is 16.0. The van der Waals surface area contributed by atoms with Crippen LogP contribution in [0.1, 0.15) is 0 Å². The molecule has 10 rings (SSSR count). The fourth-order valence-electron chi connectivity index (χ4n) is 8.18. The van der Waals surface area contributed by atoms with Gasteiger partial charge in [0, 0.05) is 41.8 Å². The molecule has 2 heterocycles. The molecule has 0 aliphatic carbocycles. The van der Waals surface area contributed by atoms with Crippen LogP contribution in [0.25, 0.3) is 97.4 Å². The van der Waals surface area contributed by atoms with Gasteiger partial charge >= 0.3 is 0 Å². The van der Waals surface area contributed by atoms with E-state index in [9.17, 15) is 0 Å². The number of rotatable bonds is 9. The molecule has 0 spiro atoms. The molecular formula is C56H38S2. The molecule has 0 atom stereocenters. The molecule has 0 amide bonds. The van der Waals surface area contributed by atoms with Crippen LogP contribution in [0.3, 0.4) is 0 Å². The third-order valence-electron chi connectivity index (χ3n) is 10.8. The van der Waals surface area contributed by atoms with Crippen LogP contribution in [0.5, 0.6) is 0 Å². The largest absolute Gasteiger partial charge is 0.134 e. The van der Waals surface area contributed by atoms with Gasteiger partial charge in [0.1, 0.15) is 0 Å². The molecule has 0 saturated heterocycles. The molecule has 8 aromatic carbocycles. The van der Waals surface area contributed by atoms with Gasteiger partial charge < -0.3 is 0 Å². The van der Waals surface area contributed by atoms with Crippen molar-refractivity contribution in [2.24, 2.45) is 0 Å². The molecular weight excluding hydrogens is 737 g/mol. The molecule has 0 nitrogen and oxygen atoms in total. The Morgan fingerprint density at radius 2 is 0.379 bits per heavy atom. The second-order valence-corrected chi connectivity index (χ2v) is 16.3. The van der Waals surface area contributed by atoms with Crippen LogP contribution in [0.2, 0.25) is 0 Å². The first-order chi connectivity index (χ1) is 28.8. The van der Waals surface area contributed by atoms with E-state index in [0.717, 1.165) is 0 Å². The van der Waals surface area contributed by atoms with Crippen molar-refractivity contribution in [3.63, 3.8) is 0 Å². The standard InChI is InChI=1S/C56H38S2/c1-7-23-39(24-8-1)49-51(55(43-31-15-5-16-32-43)57-53(49)41-27-11-3-12-28-41)47-37-21-19-35-45(47)46-36-20-22-38-48(46)52-50(40-25-9-2-10-26-40)54(42-29-13-4-14-30-42)58-56(52)44-33-17-6-18-34-44/h1-38H. The zero-order valence-corrected chi connectivity index (χ0v) is 33.4. The summed E-state index contributed by atoms with van der Waals surface area (Å²) in [6, 6.07) is 83.7. The first-order valence-electron chi connectivity index (χ1n) is 19.7. The van der Waals surface area contributed by atoms with Crippen molar-refractivity contribution in [3.05, 3.63) is 231 Å². The van der Waals surface area contributed by atoms with Crippen LogP contribution in [-0.2, 0) is 0 Å². The van der Waals surface area contributed by atoms with Gasteiger partial charge in [0.2, 0.25) is 0 Å². The van der Waals surface area contributed by atoms with E-state index in [1.807, 2.05) is 22.7 Å². The highest BCUT2D eigenvalue weighted by molar-refractivity contribution is 7.20. The van der Waals surface area contributed by atoms with E-state index >= 15 is 0 Å². The lowest BCUT2D eigenvalue weighted by atomic mass is 9.83. The molecule has 0 N–H and O–H groups in total. The van der Waals surface area contributed by atoms with Crippen molar-refractivity contribution < 1.29 is 0 Å². The molecule has 0 unspecified atom stereocenters. The smallest absolute Gasteiger partial charge is 0.0434 e. The fourth-order valence-corrected chi connectivity index (χ4v) is 10.9. The van der Waals surface area contributed by atoms with Gasteiger partial charge in [0.25, 0.3) is 0 Å². The maximum Gasteiger partial charge on any atom is 0.0434 e. The van der Waals surface area contributed by atoms with Gasteiger partial charge in [-0.2, -0.15) is 0 Å². The number of hydrogen-bond donors (Lipinski definition) is 0. The molecule has 0 aliphatic heterocycles. The predicted octanol–water partition coefficient (Wildman–Crippen LogP) is 16.8. The van der Waals surface area contributed by atoms with E-state index in [-0.39, 0.29) is 0 Å². The van der Waals surface area contributed by atoms with Gasteiger partial charge in [-0.1, -0.05) is 231 Å². The van der Waals surface area contributed by atoms with E-state index in [1.54, 1.807) is 0 Å². The molecule has 274 valence electrons. The Morgan fingerprint density at radius 3 is 0.655 bits per heavy atom. The Bertz CT molecular complexity index is 2740. The maximum atomic E-state index is 2.33.